The van der Waals surface area contributed by atoms with Gasteiger partial charge in [0.1, 0.15) is 0 Å². The molecule has 0 spiro atoms. The molecule has 0 aliphatic carbocycles. The predicted molar refractivity (Wildman–Crippen MR) is 123 cm³/mol. The van der Waals surface area contributed by atoms with E-state index in [1.165, 1.54) is 35.0 Å². The lowest BCUT2D eigenvalue weighted by Gasteiger charge is -2.36. The number of aromatic nitrogens is 1. The van der Waals surface area contributed by atoms with E-state index in [0.29, 0.717) is 18.0 Å². The van der Waals surface area contributed by atoms with Gasteiger partial charge in [-0.1, -0.05) is 30.3 Å². The van der Waals surface area contributed by atoms with Crippen molar-refractivity contribution in [2.24, 2.45) is 5.92 Å². The number of hydrogen-bond donors (Lipinski definition) is 1. The highest BCUT2D eigenvalue weighted by atomic mass is 16.5. The first kappa shape index (κ1) is 19.5. The fourth-order valence-electron chi connectivity index (χ4n) is 5.03. The molecular formula is C26H31N3O. The summed E-state index contributed by atoms with van der Waals surface area (Å²) in [5, 5.41) is 5.23. The maximum Gasteiger partial charge on any atom is 0.0704 e. The molecule has 0 amide bonds. The predicted octanol–water partition coefficient (Wildman–Crippen LogP) is 4.36. The average Bonchev–Trinajstić information content (AvgIpc) is 3.21. The van der Waals surface area contributed by atoms with Crippen molar-refractivity contribution in [1.82, 2.24) is 10.3 Å². The topological polar surface area (TPSA) is 37.4 Å². The number of pyridine rings is 1. The van der Waals surface area contributed by atoms with Crippen molar-refractivity contribution in [3.05, 3.63) is 71.9 Å². The van der Waals surface area contributed by atoms with Crippen molar-refractivity contribution in [2.75, 3.05) is 31.2 Å². The lowest BCUT2D eigenvalue weighted by Crippen LogP contribution is -2.48. The summed E-state index contributed by atoms with van der Waals surface area (Å²) >= 11 is 0. The van der Waals surface area contributed by atoms with Gasteiger partial charge in [-0.15, -0.1) is 0 Å². The van der Waals surface area contributed by atoms with E-state index in [0.717, 1.165) is 38.2 Å². The van der Waals surface area contributed by atoms with E-state index in [4.69, 9.17) is 4.74 Å². The Morgan fingerprint density at radius 3 is 2.77 bits per heavy atom. The number of hydrogen-bond acceptors (Lipinski definition) is 4. The Hall–Kier alpha value is -2.43. The van der Waals surface area contributed by atoms with Gasteiger partial charge in [0.15, 0.2) is 0 Å². The molecular weight excluding hydrogens is 370 g/mol. The van der Waals surface area contributed by atoms with E-state index in [-0.39, 0.29) is 0 Å². The van der Waals surface area contributed by atoms with Gasteiger partial charge in [0.25, 0.3) is 0 Å². The summed E-state index contributed by atoms with van der Waals surface area (Å²) in [6.45, 7) is 6.08. The molecule has 30 heavy (non-hydrogen) atoms. The van der Waals surface area contributed by atoms with Gasteiger partial charge < -0.3 is 15.0 Å². The van der Waals surface area contributed by atoms with Crippen LogP contribution in [0.15, 0.2) is 60.8 Å². The van der Waals surface area contributed by atoms with Crippen LogP contribution in [-0.4, -0.2) is 43.4 Å². The number of benzene rings is 2. The summed E-state index contributed by atoms with van der Waals surface area (Å²) < 4.78 is 5.91. The van der Waals surface area contributed by atoms with E-state index in [2.05, 4.69) is 76.7 Å². The number of nitrogens with zero attached hydrogens (tertiary/aromatic N) is 2. The Morgan fingerprint density at radius 2 is 1.90 bits per heavy atom. The number of aryl methyl sites for hydroxylation is 1. The van der Waals surface area contributed by atoms with E-state index in [1.54, 1.807) is 0 Å². The first-order valence-corrected chi connectivity index (χ1v) is 11.2. The van der Waals surface area contributed by atoms with Crippen molar-refractivity contribution in [3.8, 4) is 0 Å². The molecule has 1 aromatic heterocycles. The molecule has 2 atom stereocenters. The highest BCUT2D eigenvalue weighted by Gasteiger charge is 2.31. The van der Waals surface area contributed by atoms with E-state index in [9.17, 15) is 0 Å². The van der Waals surface area contributed by atoms with Crippen LogP contribution in [0.3, 0.4) is 0 Å². The molecule has 2 saturated heterocycles. The van der Waals surface area contributed by atoms with Crippen molar-refractivity contribution in [1.29, 1.82) is 0 Å². The van der Waals surface area contributed by atoms with Crippen molar-refractivity contribution >= 4 is 16.6 Å². The number of ether oxygens (including phenoxy) is 1. The third-order valence-electron chi connectivity index (χ3n) is 6.73. The highest BCUT2D eigenvalue weighted by molar-refractivity contribution is 5.81. The molecule has 0 bridgehead atoms. The van der Waals surface area contributed by atoms with Crippen molar-refractivity contribution < 1.29 is 4.74 Å². The van der Waals surface area contributed by atoms with Crippen LogP contribution in [0.25, 0.3) is 10.9 Å². The standard InChI is InChI=1S/C26H31N3O/c1-19-5-4-6-23(15-19)29-13-10-22(11-14-29)28-26-18-30-17-21(26)16-20-9-12-27-25-8-3-2-7-24(20)25/h2-9,12,15,21-22,26,28H,10-11,13-14,16-18H2,1H3/t21-,26+/m1/s1. The molecule has 1 N–H and O–H groups in total. The first-order valence-electron chi connectivity index (χ1n) is 11.2. The minimum absolute atomic E-state index is 0.437. The van der Waals surface area contributed by atoms with Crippen molar-refractivity contribution in [2.45, 2.75) is 38.3 Å². The fourth-order valence-corrected chi connectivity index (χ4v) is 5.03. The SMILES string of the molecule is Cc1cccc(N2CCC(N[C@H]3COC[C@H]3Cc3ccnc4ccccc34)CC2)c1. The molecule has 3 aromatic rings. The molecule has 4 nitrogen and oxygen atoms in total. The Morgan fingerprint density at radius 1 is 1.03 bits per heavy atom. The van der Waals surface area contributed by atoms with E-state index >= 15 is 0 Å². The van der Waals surface area contributed by atoms with Gasteiger partial charge in [-0.3, -0.25) is 4.98 Å². The molecule has 0 saturated carbocycles. The smallest absolute Gasteiger partial charge is 0.0704 e. The molecule has 0 radical (unpaired) electrons. The highest BCUT2D eigenvalue weighted by Crippen LogP contribution is 2.26. The fraction of sp³-hybridized carbons (Fsp3) is 0.423. The second-order valence-electron chi connectivity index (χ2n) is 8.86. The molecule has 156 valence electrons. The largest absolute Gasteiger partial charge is 0.379 e. The maximum atomic E-state index is 5.91. The van der Waals surface area contributed by atoms with Crippen LogP contribution in [0.2, 0.25) is 0 Å². The summed E-state index contributed by atoms with van der Waals surface area (Å²) in [4.78, 5) is 7.04. The number of anilines is 1. The minimum atomic E-state index is 0.437. The van der Waals surface area contributed by atoms with Crippen molar-refractivity contribution in [3.63, 3.8) is 0 Å². The van der Waals surface area contributed by atoms with E-state index in [1.807, 2.05) is 6.20 Å². The summed E-state index contributed by atoms with van der Waals surface area (Å²) in [6, 6.07) is 20.5. The van der Waals surface area contributed by atoms with Gasteiger partial charge in [-0.05, 0) is 61.6 Å². The van der Waals surface area contributed by atoms with Crippen LogP contribution in [0.5, 0.6) is 0 Å². The van der Waals surface area contributed by atoms with Gasteiger partial charge in [-0.25, -0.2) is 0 Å². The second-order valence-corrected chi connectivity index (χ2v) is 8.86. The number of nitrogens with one attached hydrogen (secondary N) is 1. The lowest BCUT2D eigenvalue weighted by molar-refractivity contribution is 0.181. The second kappa shape index (κ2) is 8.75. The van der Waals surface area contributed by atoms with Gasteiger partial charge in [0.2, 0.25) is 0 Å². The molecule has 5 rings (SSSR count). The zero-order valence-corrected chi connectivity index (χ0v) is 17.8. The summed E-state index contributed by atoms with van der Waals surface area (Å²) in [6.07, 6.45) is 5.37. The third-order valence-corrected chi connectivity index (χ3v) is 6.73. The maximum absolute atomic E-state index is 5.91. The normalized spacial score (nSPS) is 22.6. The molecule has 2 aromatic carbocycles. The molecule has 4 heteroatoms. The number of piperidine rings is 1. The lowest BCUT2D eigenvalue weighted by atomic mass is 9.92. The first-order chi connectivity index (χ1) is 14.8. The third kappa shape index (κ3) is 4.21. The van der Waals surface area contributed by atoms with Gasteiger partial charge in [0.05, 0.1) is 18.7 Å². The van der Waals surface area contributed by atoms with Gasteiger partial charge >= 0.3 is 0 Å². The average molecular weight is 402 g/mol. The molecule has 2 aliphatic heterocycles. The van der Waals surface area contributed by atoms with Crippen LogP contribution in [-0.2, 0) is 11.2 Å². The van der Waals surface area contributed by atoms with Crippen LogP contribution in [0, 0.1) is 12.8 Å². The molecule has 2 aliphatic rings. The van der Waals surface area contributed by atoms with E-state index < -0.39 is 0 Å². The molecule has 3 heterocycles. The molecule has 0 unspecified atom stereocenters. The monoisotopic (exact) mass is 401 g/mol. The summed E-state index contributed by atoms with van der Waals surface area (Å²) in [5.74, 6) is 0.519. The van der Waals surface area contributed by atoms with Crippen LogP contribution in [0.1, 0.15) is 24.0 Å². The zero-order valence-electron chi connectivity index (χ0n) is 17.8. The Balaban J connectivity index is 1.20. The summed E-state index contributed by atoms with van der Waals surface area (Å²) in [5.41, 5.74) is 5.17. The quantitative estimate of drug-likeness (QED) is 0.689. The Labute approximate surface area is 179 Å². The Kier molecular flexibility index (Phi) is 5.69. The number of rotatable bonds is 5. The Bertz CT molecular complexity index is 991. The summed E-state index contributed by atoms with van der Waals surface area (Å²) in [7, 11) is 0. The van der Waals surface area contributed by atoms with Crippen LogP contribution >= 0.6 is 0 Å². The van der Waals surface area contributed by atoms with Gasteiger partial charge in [0, 0.05) is 48.4 Å². The number of para-hydroxylation sites is 1. The zero-order chi connectivity index (χ0) is 20.3. The molecule has 2 fully saturated rings. The number of fused-ring (bicyclic) bond motifs is 1. The van der Waals surface area contributed by atoms with Crippen LogP contribution < -0.4 is 10.2 Å². The minimum Gasteiger partial charge on any atom is -0.379 e. The van der Waals surface area contributed by atoms with Gasteiger partial charge in [-0.2, -0.15) is 0 Å². The van der Waals surface area contributed by atoms with Crippen LogP contribution in [0.4, 0.5) is 5.69 Å².